The third-order valence-corrected chi connectivity index (χ3v) is 3.26. The molecule has 1 fully saturated rings. The second kappa shape index (κ2) is 4.85. The molecule has 1 saturated heterocycles. The monoisotopic (exact) mass is 219 g/mol. The number of rotatable bonds is 2. The molecule has 1 heterocycles. The quantitative estimate of drug-likeness (QED) is 0.817. The Balaban J connectivity index is 2.11. The van der Waals surface area contributed by atoms with Crippen LogP contribution in [0.3, 0.4) is 0 Å². The van der Waals surface area contributed by atoms with E-state index in [1.54, 1.807) is 0 Å². The highest BCUT2D eigenvalue weighted by molar-refractivity contribution is 5.49. The van der Waals surface area contributed by atoms with Crippen LogP contribution in [0.15, 0.2) is 24.3 Å². The number of hydrogen-bond acceptors (Lipinski definition) is 3. The molecule has 0 radical (unpaired) electrons. The molecule has 0 aromatic heterocycles. The fourth-order valence-electron chi connectivity index (χ4n) is 2.07. The lowest BCUT2D eigenvalue weighted by atomic mass is 10.1. The third kappa shape index (κ3) is 2.54. The van der Waals surface area contributed by atoms with E-state index in [4.69, 9.17) is 5.73 Å². The zero-order chi connectivity index (χ0) is 11.5. The summed E-state index contributed by atoms with van der Waals surface area (Å²) in [4.78, 5) is 4.80. The first-order valence-corrected chi connectivity index (χ1v) is 5.96. The Morgan fingerprint density at radius 3 is 2.50 bits per heavy atom. The highest BCUT2D eigenvalue weighted by atomic mass is 15.2. The first-order valence-electron chi connectivity index (χ1n) is 5.96. The van der Waals surface area contributed by atoms with Crippen LogP contribution in [-0.2, 0) is 0 Å². The van der Waals surface area contributed by atoms with E-state index >= 15 is 0 Å². The van der Waals surface area contributed by atoms with Gasteiger partial charge in [0.2, 0.25) is 0 Å². The minimum Gasteiger partial charge on any atom is -0.369 e. The van der Waals surface area contributed by atoms with Gasteiger partial charge in [0.15, 0.2) is 0 Å². The Bertz CT molecular complexity index is 341. The fraction of sp³-hybridized carbons (Fsp3) is 0.538. The van der Waals surface area contributed by atoms with Gasteiger partial charge in [0.25, 0.3) is 0 Å². The molecule has 1 aromatic carbocycles. The summed E-state index contributed by atoms with van der Waals surface area (Å²) in [7, 11) is 2.18. The Morgan fingerprint density at radius 2 is 1.88 bits per heavy atom. The van der Waals surface area contributed by atoms with E-state index in [2.05, 4.69) is 41.1 Å². The van der Waals surface area contributed by atoms with Crippen LogP contribution in [0.2, 0.25) is 0 Å². The maximum absolute atomic E-state index is 5.91. The lowest BCUT2D eigenvalue weighted by molar-refractivity contribution is 0.313. The summed E-state index contributed by atoms with van der Waals surface area (Å²) in [5, 5.41) is 0. The van der Waals surface area contributed by atoms with E-state index in [1.807, 2.05) is 6.92 Å². The number of anilines is 1. The average Bonchev–Trinajstić information content (AvgIpc) is 2.30. The van der Waals surface area contributed by atoms with Crippen LogP contribution in [0.1, 0.15) is 18.5 Å². The molecule has 3 nitrogen and oxygen atoms in total. The number of likely N-dealkylation sites (N-methyl/N-ethyl adjacent to an activating group) is 1. The topological polar surface area (TPSA) is 32.5 Å². The Morgan fingerprint density at radius 1 is 1.19 bits per heavy atom. The van der Waals surface area contributed by atoms with Gasteiger partial charge in [-0.1, -0.05) is 12.1 Å². The zero-order valence-electron chi connectivity index (χ0n) is 10.2. The number of nitrogens with zero attached hydrogens (tertiary/aromatic N) is 2. The summed E-state index contributed by atoms with van der Waals surface area (Å²) < 4.78 is 0. The molecular formula is C13H21N3. The molecule has 16 heavy (non-hydrogen) atoms. The Kier molecular flexibility index (Phi) is 3.46. The first-order chi connectivity index (χ1) is 7.66. The minimum absolute atomic E-state index is 0.118. The summed E-state index contributed by atoms with van der Waals surface area (Å²) >= 11 is 0. The molecule has 1 atom stereocenters. The van der Waals surface area contributed by atoms with E-state index in [-0.39, 0.29) is 6.04 Å². The maximum atomic E-state index is 5.91. The predicted octanol–water partition coefficient (Wildman–Crippen LogP) is 1.46. The molecule has 1 unspecified atom stereocenters. The molecular weight excluding hydrogens is 198 g/mol. The van der Waals surface area contributed by atoms with Crippen molar-refractivity contribution in [2.24, 2.45) is 5.73 Å². The van der Waals surface area contributed by atoms with Crippen LogP contribution < -0.4 is 10.6 Å². The third-order valence-electron chi connectivity index (χ3n) is 3.26. The van der Waals surface area contributed by atoms with Crippen LogP contribution in [0.4, 0.5) is 5.69 Å². The molecule has 3 heteroatoms. The van der Waals surface area contributed by atoms with Crippen molar-refractivity contribution in [1.29, 1.82) is 0 Å². The zero-order valence-corrected chi connectivity index (χ0v) is 10.2. The summed E-state index contributed by atoms with van der Waals surface area (Å²) in [6.45, 7) is 6.53. The molecule has 0 saturated carbocycles. The van der Waals surface area contributed by atoms with Gasteiger partial charge in [-0.3, -0.25) is 0 Å². The van der Waals surface area contributed by atoms with Crippen molar-refractivity contribution in [2.75, 3.05) is 38.1 Å². The SMILES string of the molecule is CC(N)c1cccc(N2CCN(C)CC2)c1. The van der Waals surface area contributed by atoms with Crippen molar-refractivity contribution in [2.45, 2.75) is 13.0 Å². The second-order valence-corrected chi connectivity index (χ2v) is 4.67. The number of piperazine rings is 1. The molecule has 0 aliphatic carbocycles. The minimum atomic E-state index is 0.118. The van der Waals surface area contributed by atoms with E-state index in [9.17, 15) is 0 Å². The molecule has 1 aliphatic heterocycles. The van der Waals surface area contributed by atoms with E-state index in [0.29, 0.717) is 0 Å². The molecule has 1 aliphatic rings. The van der Waals surface area contributed by atoms with E-state index in [1.165, 1.54) is 11.3 Å². The lowest BCUT2D eigenvalue weighted by Gasteiger charge is -2.34. The Labute approximate surface area is 97.8 Å². The van der Waals surface area contributed by atoms with Crippen molar-refractivity contribution in [3.05, 3.63) is 29.8 Å². The molecule has 2 rings (SSSR count). The van der Waals surface area contributed by atoms with Gasteiger partial charge in [-0.05, 0) is 31.7 Å². The van der Waals surface area contributed by atoms with E-state index < -0.39 is 0 Å². The van der Waals surface area contributed by atoms with Gasteiger partial charge in [0.1, 0.15) is 0 Å². The predicted molar refractivity (Wildman–Crippen MR) is 68.8 cm³/mol. The highest BCUT2D eigenvalue weighted by Gasteiger charge is 2.14. The molecule has 88 valence electrons. The standard InChI is InChI=1S/C13H21N3/c1-11(14)12-4-3-5-13(10-12)16-8-6-15(2)7-9-16/h3-5,10-11H,6-9,14H2,1-2H3. The lowest BCUT2D eigenvalue weighted by Crippen LogP contribution is -2.44. The summed E-state index contributed by atoms with van der Waals surface area (Å²) in [5.74, 6) is 0. The van der Waals surface area contributed by atoms with Gasteiger partial charge < -0.3 is 15.5 Å². The fourth-order valence-corrected chi connectivity index (χ4v) is 2.07. The normalized spacial score (nSPS) is 19.8. The number of hydrogen-bond donors (Lipinski definition) is 1. The summed E-state index contributed by atoms with van der Waals surface area (Å²) in [5.41, 5.74) is 8.43. The van der Waals surface area contributed by atoms with Crippen LogP contribution in [0.5, 0.6) is 0 Å². The molecule has 0 spiro atoms. The van der Waals surface area contributed by atoms with Crippen molar-refractivity contribution in [1.82, 2.24) is 4.90 Å². The van der Waals surface area contributed by atoms with Crippen molar-refractivity contribution >= 4 is 5.69 Å². The van der Waals surface area contributed by atoms with Crippen LogP contribution in [0, 0.1) is 0 Å². The average molecular weight is 219 g/mol. The molecule has 1 aromatic rings. The van der Waals surface area contributed by atoms with Crippen molar-refractivity contribution in [3.8, 4) is 0 Å². The molecule has 0 bridgehead atoms. The second-order valence-electron chi connectivity index (χ2n) is 4.67. The van der Waals surface area contributed by atoms with Crippen LogP contribution >= 0.6 is 0 Å². The smallest absolute Gasteiger partial charge is 0.0370 e. The maximum Gasteiger partial charge on any atom is 0.0370 e. The van der Waals surface area contributed by atoms with Crippen molar-refractivity contribution < 1.29 is 0 Å². The summed E-state index contributed by atoms with van der Waals surface area (Å²) in [6.07, 6.45) is 0. The van der Waals surface area contributed by atoms with E-state index in [0.717, 1.165) is 26.2 Å². The largest absolute Gasteiger partial charge is 0.369 e. The van der Waals surface area contributed by atoms with Gasteiger partial charge in [-0.25, -0.2) is 0 Å². The molecule has 2 N–H and O–H groups in total. The van der Waals surface area contributed by atoms with Gasteiger partial charge in [-0.2, -0.15) is 0 Å². The van der Waals surface area contributed by atoms with Gasteiger partial charge >= 0.3 is 0 Å². The number of benzene rings is 1. The summed E-state index contributed by atoms with van der Waals surface area (Å²) in [6, 6.07) is 8.72. The van der Waals surface area contributed by atoms with Crippen LogP contribution in [-0.4, -0.2) is 38.1 Å². The van der Waals surface area contributed by atoms with Gasteiger partial charge in [-0.15, -0.1) is 0 Å². The number of nitrogens with two attached hydrogens (primary N) is 1. The van der Waals surface area contributed by atoms with Crippen molar-refractivity contribution in [3.63, 3.8) is 0 Å². The molecule has 0 amide bonds. The van der Waals surface area contributed by atoms with Crippen LogP contribution in [0.25, 0.3) is 0 Å². The van der Waals surface area contributed by atoms with Gasteiger partial charge in [0.05, 0.1) is 0 Å². The highest BCUT2D eigenvalue weighted by Crippen LogP contribution is 2.20. The Hall–Kier alpha value is -1.06. The van der Waals surface area contributed by atoms with Gasteiger partial charge in [0, 0.05) is 37.9 Å². The first kappa shape index (κ1) is 11.4.